The molecular formula is C13H10Cl2N4O2S. The summed E-state index contributed by atoms with van der Waals surface area (Å²) in [5.74, 6) is 0. The van der Waals surface area contributed by atoms with Gasteiger partial charge in [0, 0.05) is 23.5 Å². The van der Waals surface area contributed by atoms with Crippen molar-refractivity contribution in [2.45, 2.75) is 0 Å². The third-order valence-electron chi connectivity index (χ3n) is 2.67. The molecule has 0 bridgehead atoms. The molecular weight excluding hydrogens is 347 g/mol. The third kappa shape index (κ3) is 3.97. The predicted octanol–water partition coefficient (Wildman–Crippen LogP) is 4.29. The van der Waals surface area contributed by atoms with Crippen LogP contribution in [0, 0.1) is 10.1 Å². The number of hydrogen-bond donors (Lipinski definition) is 3. The Morgan fingerprint density at radius 3 is 2.09 bits per heavy atom. The van der Waals surface area contributed by atoms with E-state index in [9.17, 15) is 10.1 Å². The van der Waals surface area contributed by atoms with Gasteiger partial charge in [-0.3, -0.25) is 10.1 Å². The first-order chi connectivity index (χ1) is 10.4. The summed E-state index contributed by atoms with van der Waals surface area (Å²) in [5.41, 5.74) is 7.12. The second-order valence-electron chi connectivity index (χ2n) is 4.24. The maximum Gasteiger partial charge on any atom is 0.269 e. The standard InChI is InChI=1S/C13H10Cl2N4O2S/c14-10-5-8(6-11(15)12(10)16)18-13(22)17-7-1-3-9(4-2-7)19(20)21/h1-6H,16H2,(H2,17,18,22). The van der Waals surface area contributed by atoms with Crippen molar-refractivity contribution in [2.75, 3.05) is 16.4 Å². The fourth-order valence-electron chi connectivity index (χ4n) is 1.62. The number of rotatable bonds is 3. The molecule has 114 valence electrons. The van der Waals surface area contributed by atoms with Crippen molar-refractivity contribution in [1.29, 1.82) is 0 Å². The molecule has 9 heteroatoms. The van der Waals surface area contributed by atoms with E-state index in [0.717, 1.165) is 0 Å². The summed E-state index contributed by atoms with van der Waals surface area (Å²) in [4.78, 5) is 10.1. The van der Waals surface area contributed by atoms with E-state index in [1.54, 1.807) is 24.3 Å². The zero-order valence-corrected chi connectivity index (χ0v) is 13.3. The minimum atomic E-state index is -0.473. The zero-order valence-electron chi connectivity index (χ0n) is 11.0. The second-order valence-corrected chi connectivity index (χ2v) is 5.46. The molecule has 0 saturated carbocycles. The van der Waals surface area contributed by atoms with Crippen LogP contribution in [-0.4, -0.2) is 10.0 Å². The summed E-state index contributed by atoms with van der Waals surface area (Å²) in [5, 5.41) is 17.3. The monoisotopic (exact) mass is 356 g/mol. The van der Waals surface area contributed by atoms with Crippen LogP contribution < -0.4 is 16.4 Å². The summed E-state index contributed by atoms with van der Waals surface area (Å²) in [6.07, 6.45) is 0. The Morgan fingerprint density at radius 2 is 1.59 bits per heavy atom. The average Bonchev–Trinajstić information content (AvgIpc) is 2.45. The molecule has 2 aromatic carbocycles. The summed E-state index contributed by atoms with van der Waals surface area (Å²) in [6, 6.07) is 9.03. The minimum absolute atomic E-state index is 0.00141. The van der Waals surface area contributed by atoms with Crippen LogP contribution in [0.5, 0.6) is 0 Å². The number of nitro benzene ring substituents is 1. The molecule has 4 N–H and O–H groups in total. The maximum atomic E-state index is 10.6. The molecule has 0 aliphatic heterocycles. The molecule has 0 unspecified atom stereocenters. The van der Waals surface area contributed by atoms with Gasteiger partial charge in [-0.05, 0) is 36.5 Å². The summed E-state index contributed by atoms with van der Waals surface area (Å²) >= 11 is 17.0. The molecule has 0 amide bonds. The van der Waals surface area contributed by atoms with Gasteiger partial charge >= 0.3 is 0 Å². The van der Waals surface area contributed by atoms with Crippen LogP contribution in [0.25, 0.3) is 0 Å². The van der Waals surface area contributed by atoms with Gasteiger partial charge in [0.1, 0.15) is 0 Å². The van der Waals surface area contributed by atoms with Crippen LogP contribution in [0.4, 0.5) is 22.7 Å². The first-order valence-corrected chi connectivity index (χ1v) is 7.10. The Bertz CT molecular complexity index is 714. The molecule has 2 aromatic rings. The number of halogens is 2. The Morgan fingerprint density at radius 1 is 1.09 bits per heavy atom. The molecule has 0 heterocycles. The second kappa shape index (κ2) is 6.78. The smallest absolute Gasteiger partial charge is 0.269 e. The highest BCUT2D eigenvalue weighted by atomic mass is 35.5. The van der Waals surface area contributed by atoms with E-state index in [4.69, 9.17) is 41.2 Å². The van der Waals surface area contributed by atoms with Gasteiger partial charge < -0.3 is 16.4 Å². The molecule has 0 saturated heterocycles. The fraction of sp³-hybridized carbons (Fsp3) is 0. The first kappa shape index (κ1) is 16.3. The van der Waals surface area contributed by atoms with Gasteiger partial charge in [-0.15, -0.1) is 0 Å². The molecule has 6 nitrogen and oxygen atoms in total. The molecule has 0 aliphatic carbocycles. The number of nitrogen functional groups attached to an aromatic ring is 1. The lowest BCUT2D eigenvalue weighted by Crippen LogP contribution is -2.19. The molecule has 22 heavy (non-hydrogen) atoms. The van der Waals surface area contributed by atoms with Crippen LogP contribution >= 0.6 is 35.4 Å². The van der Waals surface area contributed by atoms with Crippen molar-refractivity contribution in [3.05, 3.63) is 56.6 Å². The Labute approximate surface area is 141 Å². The van der Waals surface area contributed by atoms with Gasteiger partial charge in [0.2, 0.25) is 0 Å². The van der Waals surface area contributed by atoms with Crippen molar-refractivity contribution in [3.8, 4) is 0 Å². The topological polar surface area (TPSA) is 93.2 Å². The number of nitrogens with one attached hydrogen (secondary N) is 2. The van der Waals surface area contributed by atoms with E-state index < -0.39 is 4.92 Å². The molecule has 0 aliphatic rings. The molecule has 0 radical (unpaired) electrons. The number of nitrogens with zero attached hydrogens (tertiary/aromatic N) is 1. The van der Waals surface area contributed by atoms with Crippen LogP contribution in [0.1, 0.15) is 0 Å². The summed E-state index contributed by atoms with van der Waals surface area (Å²) in [7, 11) is 0. The lowest BCUT2D eigenvalue weighted by atomic mass is 10.3. The number of anilines is 3. The fourth-order valence-corrected chi connectivity index (χ4v) is 2.34. The van der Waals surface area contributed by atoms with Crippen LogP contribution in [0.3, 0.4) is 0 Å². The van der Waals surface area contributed by atoms with E-state index in [1.165, 1.54) is 12.1 Å². The lowest BCUT2D eigenvalue weighted by molar-refractivity contribution is -0.384. The number of nitro groups is 1. The zero-order chi connectivity index (χ0) is 16.3. The highest BCUT2D eigenvalue weighted by Gasteiger charge is 2.07. The van der Waals surface area contributed by atoms with Crippen molar-refractivity contribution in [3.63, 3.8) is 0 Å². The normalized spacial score (nSPS) is 10.1. The molecule has 0 fully saturated rings. The highest BCUT2D eigenvalue weighted by Crippen LogP contribution is 2.31. The largest absolute Gasteiger partial charge is 0.396 e. The number of benzene rings is 2. The van der Waals surface area contributed by atoms with Crippen molar-refractivity contribution in [1.82, 2.24) is 0 Å². The van der Waals surface area contributed by atoms with Crippen LogP contribution in [-0.2, 0) is 0 Å². The Hall–Kier alpha value is -2.09. The Kier molecular flexibility index (Phi) is 5.02. The highest BCUT2D eigenvalue weighted by molar-refractivity contribution is 7.80. The first-order valence-electron chi connectivity index (χ1n) is 5.94. The van der Waals surface area contributed by atoms with Crippen molar-refractivity contribution < 1.29 is 4.92 Å². The molecule has 2 rings (SSSR count). The number of non-ortho nitro benzene ring substituents is 1. The molecule has 0 spiro atoms. The van der Waals surface area contributed by atoms with E-state index in [0.29, 0.717) is 27.1 Å². The Balaban J connectivity index is 2.05. The quantitative estimate of drug-likeness (QED) is 0.328. The van der Waals surface area contributed by atoms with Gasteiger partial charge in [-0.1, -0.05) is 23.2 Å². The van der Waals surface area contributed by atoms with Gasteiger partial charge in [0.15, 0.2) is 5.11 Å². The maximum absolute atomic E-state index is 10.6. The van der Waals surface area contributed by atoms with Gasteiger partial charge in [-0.25, -0.2) is 0 Å². The van der Waals surface area contributed by atoms with Crippen molar-refractivity contribution in [2.24, 2.45) is 0 Å². The number of thiocarbonyl (C=S) groups is 1. The van der Waals surface area contributed by atoms with Gasteiger partial charge in [0.25, 0.3) is 5.69 Å². The predicted molar refractivity (Wildman–Crippen MR) is 93.8 cm³/mol. The molecule has 0 aromatic heterocycles. The number of nitrogens with two attached hydrogens (primary N) is 1. The van der Waals surface area contributed by atoms with E-state index in [-0.39, 0.29) is 10.8 Å². The third-order valence-corrected chi connectivity index (χ3v) is 3.50. The molecule has 0 atom stereocenters. The van der Waals surface area contributed by atoms with Crippen molar-refractivity contribution >= 4 is 63.3 Å². The average molecular weight is 357 g/mol. The van der Waals surface area contributed by atoms with Gasteiger partial charge in [-0.2, -0.15) is 0 Å². The number of hydrogen-bond acceptors (Lipinski definition) is 4. The van der Waals surface area contributed by atoms with Crippen LogP contribution in [0.2, 0.25) is 10.0 Å². The van der Waals surface area contributed by atoms with E-state index >= 15 is 0 Å². The lowest BCUT2D eigenvalue weighted by Gasteiger charge is -2.12. The summed E-state index contributed by atoms with van der Waals surface area (Å²) in [6.45, 7) is 0. The van der Waals surface area contributed by atoms with Gasteiger partial charge in [0.05, 0.1) is 20.7 Å². The van der Waals surface area contributed by atoms with Crippen LogP contribution in [0.15, 0.2) is 36.4 Å². The summed E-state index contributed by atoms with van der Waals surface area (Å²) < 4.78 is 0. The van der Waals surface area contributed by atoms with E-state index in [1.807, 2.05) is 0 Å². The van der Waals surface area contributed by atoms with E-state index in [2.05, 4.69) is 10.6 Å². The minimum Gasteiger partial charge on any atom is -0.396 e. The SMILES string of the molecule is Nc1c(Cl)cc(NC(=S)Nc2ccc([N+](=O)[O-])cc2)cc1Cl.